The third-order valence-electron chi connectivity index (χ3n) is 3.75. The molecule has 0 saturated carbocycles. The zero-order chi connectivity index (χ0) is 15.2. The third kappa shape index (κ3) is 2.58. The van der Waals surface area contributed by atoms with E-state index in [-0.39, 0.29) is 11.1 Å². The lowest BCUT2D eigenvalue weighted by atomic mass is 10.0. The lowest BCUT2D eigenvalue weighted by Crippen LogP contribution is -2.48. The third-order valence-corrected chi connectivity index (χ3v) is 3.75. The highest BCUT2D eigenvalue weighted by Crippen LogP contribution is 2.32. The molecule has 3 nitrogen and oxygen atoms in total. The first kappa shape index (κ1) is 14.2. The smallest absolute Gasteiger partial charge is 0.185 e. The maximum Gasteiger partial charge on any atom is 0.185 e. The van der Waals surface area contributed by atoms with E-state index in [1.807, 2.05) is 19.9 Å². The fourth-order valence-electron chi connectivity index (χ4n) is 2.82. The van der Waals surface area contributed by atoms with Gasteiger partial charge in [0.2, 0.25) is 0 Å². The summed E-state index contributed by atoms with van der Waals surface area (Å²) in [5, 5.41) is 0.636. The molecule has 0 bridgehead atoms. The van der Waals surface area contributed by atoms with Crippen molar-refractivity contribution in [2.75, 3.05) is 24.6 Å². The molecule has 21 heavy (non-hydrogen) atoms. The summed E-state index contributed by atoms with van der Waals surface area (Å²) in [5.74, 6) is -1.75. The summed E-state index contributed by atoms with van der Waals surface area (Å²) in [4.78, 5) is 6.31. The van der Waals surface area contributed by atoms with Crippen LogP contribution in [0.5, 0.6) is 0 Å². The minimum Gasteiger partial charge on any atom is -0.372 e. The zero-order valence-corrected chi connectivity index (χ0v) is 12.4. The summed E-state index contributed by atoms with van der Waals surface area (Å²) in [6.45, 7) is 7.87. The SMILES string of the molecule is Cc1cc(N2CCOC(C)(C)C2)c2ccc(F)c(F)c2n1. The quantitative estimate of drug-likeness (QED) is 0.805. The van der Waals surface area contributed by atoms with E-state index in [0.29, 0.717) is 24.2 Å². The Hall–Kier alpha value is -1.75. The fourth-order valence-corrected chi connectivity index (χ4v) is 2.82. The van der Waals surface area contributed by atoms with Gasteiger partial charge in [-0.25, -0.2) is 13.8 Å². The zero-order valence-electron chi connectivity index (χ0n) is 12.4. The van der Waals surface area contributed by atoms with Gasteiger partial charge in [0.25, 0.3) is 0 Å². The second kappa shape index (κ2) is 4.91. The van der Waals surface area contributed by atoms with Gasteiger partial charge in [-0.2, -0.15) is 0 Å². The molecule has 1 fully saturated rings. The number of halogens is 2. The summed E-state index contributed by atoms with van der Waals surface area (Å²) in [6, 6.07) is 4.67. The van der Waals surface area contributed by atoms with Crippen molar-refractivity contribution >= 4 is 16.6 Å². The summed E-state index contributed by atoms with van der Waals surface area (Å²) in [6.07, 6.45) is 0. The topological polar surface area (TPSA) is 25.4 Å². The molecule has 1 aromatic carbocycles. The van der Waals surface area contributed by atoms with Crippen LogP contribution in [0, 0.1) is 18.6 Å². The summed E-state index contributed by atoms with van der Waals surface area (Å²) >= 11 is 0. The molecule has 0 spiro atoms. The molecule has 112 valence electrons. The van der Waals surface area contributed by atoms with Crippen molar-refractivity contribution in [3.63, 3.8) is 0 Å². The van der Waals surface area contributed by atoms with Crippen LogP contribution in [0.2, 0.25) is 0 Å². The predicted octanol–water partition coefficient (Wildman–Crippen LogP) is 3.44. The van der Waals surface area contributed by atoms with E-state index in [2.05, 4.69) is 9.88 Å². The molecule has 2 aromatic rings. The van der Waals surface area contributed by atoms with E-state index >= 15 is 0 Å². The van der Waals surface area contributed by atoms with E-state index < -0.39 is 11.6 Å². The molecular weight excluding hydrogens is 274 g/mol. The van der Waals surface area contributed by atoms with Crippen LogP contribution in [0.15, 0.2) is 18.2 Å². The Kier molecular flexibility index (Phi) is 3.32. The summed E-state index contributed by atoms with van der Waals surface area (Å²) in [5.41, 5.74) is 1.38. The Labute approximate surface area is 122 Å². The summed E-state index contributed by atoms with van der Waals surface area (Å²) < 4.78 is 33.1. The highest BCUT2D eigenvalue weighted by molar-refractivity contribution is 5.92. The van der Waals surface area contributed by atoms with Crippen LogP contribution in [-0.4, -0.2) is 30.3 Å². The van der Waals surface area contributed by atoms with E-state index in [1.165, 1.54) is 0 Å². The van der Waals surface area contributed by atoms with Crippen LogP contribution in [-0.2, 0) is 4.74 Å². The van der Waals surface area contributed by atoms with Crippen molar-refractivity contribution in [1.29, 1.82) is 0 Å². The molecule has 2 heterocycles. The number of rotatable bonds is 1. The van der Waals surface area contributed by atoms with Crippen molar-refractivity contribution < 1.29 is 13.5 Å². The number of anilines is 1. The molecule has 3 rings (SSSR count). The summed E-state index contributed by atoms with van der Waals surface area (Å²) in [7, 11) is 0. The van der Waals surface area contributed by atoms with Gasteiger partial charge in [-0.1, -0.05) is 0 Å². The average molecular weight is 292 g/mol. The molecule has 0 N–H and O–H groups in total. The average Bonchev–Trinajstić information content (AvgIpc) is 2.41. The molecule has 0 amide bonds. The van der Waals surface area contributed by atoms with Crippen molar-refractivity contribution in [3.05, 3.63) is 35.5 Å². The first-order valence-electron chi connectivity index (χ1n) is 7.02. The van der Waals surface area contributed by atoms with Crippen LogP contribution < -0.4 is 4.90 Å². The van der Waals surface area contributed by atoms with Gasteiger partial charge in [-0.15, -0.1) is 0 Å². The number of pyridine rings is 1. The fraction of sp³-hybridized carbons (Fsp3) is 0.438. The molecule has 0 unspecified atom stereocenters. The monoisotopic (exact) mass is 292 g/mol. The Morgan fingerprint density at radius 3 is 2.76 bits per heavy atom. The van der Waals surface area contributed by atoms with Gasteiger partial charge < -0.3 is 9.64 Å². The number of fused-ring (bicyclic) bond motifs is 1. The number of ether oxygens (including phenoxy) is 1. The van der Waals surface area contributed by atoms with Crippen LogP contribution in [0.4, 0.5) is 14.5 Å². The van der Waals surface area contributed by atoms with Crippen molar-refractivity contribution in [2.24, 2.45) is 0 Å². The minimum atomic E-state index is -0.884. The number of morpholine rings is 1. The van der Waals surface area contributed by atoms with E-state index in [1.54, 1.807) is 13.0 Å². The molecule has 0 radical (unpaired) electrons. The van der Waals surface area contributed by atoms with E-state index in [0.717, 1.165) is 18.3 Å². The van der Waals surface area contributed by atoms with Gasteiger partial charge in [0.15, 0.2) is 11.6 Å². The van der Waals surface area contributed by atoms with E-state index in [9.17, 15) is 8.78 Å². The van der Waals surface area contributed by atoms with Crippen molar-refractivity contribution in [2.45, 2.75) is 26.4 Å². The predicted molar refractivity (Wildman–Crippen MR) is 78.6 cm³/mol. The number of aryl methyl sites for hydroxylation is 1. The number of hydrogen-bond acceptors (Lipinski definition) is 3. The second-order valence-corrected chi connectivity index (χ2v) is 6.07. The number of nitrogens with zero attached hydrogens (tertiary/aromatic N) is 2. The molecule has 1 aliphatic heterocycles. The first-order chi connectivity index (χ1) is 9.87. The van der Waals surface area contributed by atoms with Gasteiger partial charge in [0, 0.05) is 29.9 Å². The Morgan fingerprint density at radius 2 is 2.05 bits per heavy atom. The Bertz CT molecular complexity index is 700. The molecule has 1 saturated heterocycles. The standard InChI is InChI=1S/C16H18F2N2O/c1-10-8-13(20-6-7-21-16(2,3)9-20)11-4-5-12(17)14(18)15(11)19-10/h4-5,8H,6-7,9H2,1-3H3. The molecule has 5 heteroatoms. The molecule has 1 aromatic heterocycles. The van der Waals surface area contributed by atoms with Gasteiger partial charge in [-0.3, -0.25) is 0 Å². The normalized spacial score (nSPS) is 18.2. The number of benzene rings is 1. The van der Waals surface area contributed by atoms with Gasteiger partial charge >= 0.3 is 0 Å². The van der Waals surface area contributed by atoms with Crippen LogP contribution in [0.1, 0.15) is 19.5 Å². The van der Waals surface area contributed by atoms with Crippen molar-refractivity contribution in [1.82, 2.24) is 4.98 Å². The van der Waals surface area contributed by atoms with Gasteiger partial charge in [0.1, 0.15) is 5.52 Å². The van der Waals surface area contributed by atoms with Gasteiger partial charge in [-0.05, 0) is 39.0 Å². The molecule has 0 atom stereocenters. The lowest BCUT2D eigenvalue weighted by molar-refractivity contribution is -0.0276. The van der Waals surface area contributed by atoms with Crippen LogP contribution in [0.3, 0.4) is 0 Å². The Balaban J connectivity index is 2.16. The van der Waals surface area contributed by atoms with E-state index in [4.69, 9.17) is 4.74 Å². The maximum atomic E-state index is 14.0. The molecular formula is C16H18F2N2O. The van der Waals surface area contributed by atoms with Gasteiger partial charge in [0.05, 0.1) is 12.2 Å². The maximum absolute atomic E-state index is 14.0. The first-order valence-corrected chi connectivity index (χ1v) is 7.02. The Morgan fingerprint density at radius 1 is 1.29 bits per heavy atom. The van der Waals surface area contributed by atoms with Crippen LogP contribution >= 0.6 is 0 Å². The highest BCUT2D eigenvalue weighted by atomic mass is 19.2. The number of aromatic nitrogens is 1. The largest absolute Gasteiger partial charge is 0.372 e. The second-order valence-electron chi connectivity index (χ2n) is 6.07. The highest BCUT2D eigenvalue weighted by Gasteiger charge is 2.28. The van der Waals surface area contributed by atoms with Crippen molar-refractivity contribution in [3.8, 4) is 0 Å². The lowest BCUT2D eigenvalue weighted by Gasteiger charge is -2.40. The van der Waals surface area contributed by atoms with Crippen LogP contribution in [0.25, 0.3) is 10.9 Å². The molecule has 1 aliphatic rings. The molecule has 0 aliphatic carbocycles. The minimum absolute atomic E-state index is 0.0919. The number of hydrogen-bond donors (Lipinski definition) is 0.